The van der Waals surface area contributed by atoms with Crippen LogP contribution in [0.3, 0.4) is 0 Å². The van der Waals surface area contributed by atoms with Gasteiger partial charge in [0.15, 0.2) is 5.82 Å². The average Bonchev–Trinajstić information content (AvgIpc) is 2.39. The largest absolute Gasteiger partial charge is 0.376 e. The van der Waals surface area contributed by atoms with Crippen molar-refractivity contribution in [3.8, 4) is 0 Å². The van der Waals surface area contributed by atoms with Gasteiger partial charge in [-0.2, -0.15) is 0 Å². The standard InChI is InChI=1S/C13H21N3O2/c1-3-10(14)7-11-6-9(2)15-13(16-11)12-8-17-4-5-18-12/h6,10,12H,3-5,7-8,14H2,1-2H3. The van der Waals surface area contributed by atoms with E-state index < -0.39 is 0 Å². The van der Waals surface area contributed by atoms with Gasteiger partial charge in [0.1, 0.15) is 6.10 Å². The molecule has 5 heteroatoms. The molecule has 1 saturated heterocycles. The molecule has 1 aromatic heterocycles. The van der Waals surface area contributed by atoms with Crippen LogP contribution in [0, 0.1) is 6.92 Å². The topological polar surface area (TPSA) is 70.3 Å². The minimum Gasteiger partial charge on any atom is -0.376 e. The zero-order valence-electron chi connectivity index (χ0n) is 11.1. The van der Waals surface area contributed by atoms with Gasteiger partial charge in [-0.1, -0.05) is 6.92 Å². The second-order valence-corrected chi connectivity index (χ2v) is 4.67. The highest BCUT2D eigenvalue weighted by Crippen LogP contribution is 2.18. The lowest BCUT2D eigenvalue weighted by Gasteiger charge is -2.22. The second-order valence-electron chi connectivity index (χ2n) is 4.67. The summed E-state index contributed by atoms with van der Waals surface area (Å²) in [5.74, 6) is 0.716. The van der Waals surface area contributed by atoms with E-state index in [9.17, 15) is 0 Å². The van der Waals surface area contributed by atoms with Crippen LogP contribution in [0.2, 0.25) is 0 Å². The summed E-state index contributed by atoms with van der Waals surface area (Å²) in [5.41, 5.74) is 7.91. The molecule has 0 saturated carbocycles. The fourth-order valence-electron chi connectivity index (χ4n) is 1.96. The average molecular weight is 251 g/mol. The molecule has 18 heavy (non-hydrogen) atoms. The minimum atomic E-state index is -0.143. The third-order valence-electron chi connectivity index (χ3n) is 3.02. The fraction of sp³-hybridized carbons (Fsp3) is 0.692. The smallest absolute Gasteiger partial charge is 0.159 e. The summed E-state index contributed by atoms with van der Waals surface area (Å²) in [4.78, 5) is 8.98. The van der Waals surface area contributed by atoms with E-state index in [1.165, 1.54) is 0 Å². The molecular formula is C13H21N3O2. The van der Waals surface area contributed by atoms with Crippen molar-refractivity contribution in [1.29, 1.82) is 0 Å². The third-order valence-corrected chi connectivity index (χ3v) is 3.02. The first kappa shape index (κ1) is 13.4. The predicted octanol–water partition coefficient (Wildman–Crippen LogP) is 1.15. The Hall–Kier alpha value is -1.04. The molecule has 0 spiro atoms. The van der Waals surface area contributed by atoms with E-state index in [4.69, 9.17) is 15.2 Å². The van der Waals surface area contributed by atoms with Crippen LogP contribution in [0.15, 0.2) is 6.07 Å². The van der Waals surface area contributed by atoms with Crippen LogP contribution < -0.4 is 5.73 Å². The van der Waals surface area contributed by atoms with Crippen LogP contribution in [-0.4, -0.2) is 35.8 Å². The van der Waals surface area contributed by atoms with Crippen molar-refractivity contribution < 1.29 is 9.47 Å². The molecule has 2 unspecified atom stereocenters. The zero-order chi connectivity index (χ0) is 13.0. The van der Waals surface area contributed by atoms with E-state index in [-0.39, 0.29) is 12.1 Å². The van der Waals surface area contributed by atoms with Gasteiger partial charge in [0.05, 0.1) is 19.8 Å². The van der Waals surface area contributed by atoms with E-state index in [1.54, 1.807) is 0 Å². The Labute approximate surface area is 108 Å². The highest BCUT2D eigenvalue weighted by atomic mass is 16.6. The molecule has 0 radical (unpaired) electrons. The van der Waals surface area contributed by atoms with Crippen molar-refractivity contribution in [3.05, 3.63) is 23.3 Å². The lowest BCUT2D eigenvalue weighted by atomic mass is 10.1. The minimum absolute atomic E-state index is 0.143. The SMILES string of the molecule is CCC(N)Cc1cc(C)nc(C2COCCO2)n1. The number of aryl methyl sites for hydroxylation is 1. The Morgan fingerprint density at radius 2 is 2.28 bits per heavy atom. The molecule has 2 N–H and O–H groups in total. The molecule has 5 nitrogen and oxygen atoms in total. The number of nitrogens with two attached hydrogens (primary N) is 1. The van der Waals surface area contributed by atoms with Crippen LogP contribution in [0.5, 0.6) is 0 Å². The molecule has 0 bridgehead atoms. The third kappa shape index (κ3) is 3.48. The quantitative estimate of drug-likeness (QED) is 0.869. The molecule has 1 fully saturated rings. The van der Waals surface area contributed by atoms with Crippen LogP contribution >= 0.6 is 0 Å². The monoisotopic (exact) mass is 251 g/mol. The van der Waals surface area contributed by atoms with E-state index in [1.807, 2.05) is 13.0 Å². The summed E-state index contributed by atoms with van der Waals surface area (Å²) in [6.07, 6.45) is 1.58. The summed E-state index contributed by atoms with van der Waals surface area (Å²) in [6, 6.07) is 2.14. The van der Waals surface area contributed by atoms with Gasteiger partial charge in [0.25, 0.3) is 0 Å². The maximum Gasteiger partial charge on any atom is 0.159 e. The molecule has 1 aliphatic heterocycles. The summed E-state index contributed by atoms with van der Waals surface area (Å²) in [7, 11) is 0. The maximum absolute atomic E-state index is 5.97. The van der Waals surface area contributed by atoms with Crippen molar-refractivity contribution in [2.75, 3.05) is 19.8 Å². The molecule has 2 heterocycles. The summed E-state index contributed by atoms with van der Waals surface area (Å²) in [6.45, 7) is 5.83. The Morgan fingerprint density at radius 3 is 2.94 bits per heavy atom. The Kier molecular flexibility index (Phi) is 4.63. The molecule has 1 aromatic rings. The maximum atomic E-state index is 5.97. The van der Waals surface area contributed by atoms with E-state index in [0.717, 1.165) is 24.2 Å². The van der Waals surface area contributed by atoms with Crippen LogP contribution in [0.4, 0.5) is 0 Å². The van der Waals surface area contributed by atoms with E-state index >= 15 is 0 Å². The lowest BCUT2D eigenvalue weighted by Crippen LogP contribution is -2.26. The van der Waals surface area contributed by atoms with Crippen molar-refractivity contribution in [2.45, 2.75) is 38.8 Å². The van der Waals surface area contributed by atoms with Crippen molar-refractivity contribution in [2.24, 2.45) is 5.73 Å². The summed E-state index contributed by atoms with van der Waals surface area (Å²) in [5, 5.41) is 0. The zero-order valence-corrected chi connectivity index (χ0v) is 11.1. The number of rotatable bonds is 4. The van der Waals surface area contributed by atoms with Gasteiger partial charge in [-0.3, -0.25) is 0 Å². The molecule has 2 rings (SSSR count). The van der Waals surface area contributed by atoms with Crippen molar-refractivity contribution in [1.82, 2.24) is 9.97 Å². The first-order valence-electron chi connectivity index (χ1n) is 6.48. The molecule has 1 aliphatic rings. The van der Waals surface area contributed by atoms with Crippen molar-refractivity contribution >= 4 is 0 Å². The van der Waals surface area contributed by atoms with E-state index in [2.05, 4.69) is 16.9 Å². The molecule has 100 valence electrons. The van der Waals surface area contributed by atoms with E-state index in [0.29, 0.717) is 25.6 Å². The van der Waals surface area contributed by atoms with Crippen LogP contribution in [0.25, 0.3) is 0 Å². The number of hydrogen-bond acceptors (Lipinski definition) is 5. The molecular weight excluding hydrogens is 230 g/mol. The van der Waals surface area contributed by atoms with Gasteiger partial charge in [-0.05, 0) is 19.4 Å². The highest BCUT2D eigenvalue weighted by Gasteiger charge is 2.20. The number of nitrogens with zero attached hydrogens (tertiary/aromatic N) is 2. The normalized spacial score (nSPS) is 21.8. The number of ether oxygens (including phenoxy) is 2. The van der Waals surface area contributed by atoms with Crippen molar-refractivity contribution in [3.63, 3.8) is 0 Å². The van der Waals surface area contributed by atoms with Gasteiger partial charge < -0.3 is 15.2 Å². The fourth-order valence-corrected chi connectivity index (χ4v) is 1.96. The lowest BCUT2D eigenvalue weighted by molar-refractivity contribution is -0.0936. The predicted molar refractivity (Wildman–Crippen MR) is 68.3 cm³/mol. The first-order chi connectivity index (χ1) is 8.69. The van der Waals surface area contributed by atoms with Gasteiger partial charge in [-0.25, -0.2) is 9.97 Å². The Morgan fingerprint density at radius 1 is 1.44 bits per heavy atom. The summed E-state index contributed by atoms with van der Waals surface area (Å²) >= 11 is 0. The number of hydrogen-bond donors (Lipinski definition) is 1. The number of aromatic nitrogens is 2. The van der Waals surface area contributed by atoms with Crippen LogP contribution in [-0.2, 0) is 15.9 Å². The van der Waals surface area contributed by atoms with Crippen LogP contribution in [0.1, 0.15) is 36.7 Å². The molecule has 2 atom stereocenters. The molecule has 0 amide bonds. The first-order valence-corrected chi connectivity index (χ1v) is 6.48. The van der Waals surface area contributed by atoms with Gasteiger partial charge in [0, 0.05) is 23.9 Å². The summed E-state index contributed by atoms with van der Waals surface area (Å²) < 4.78 is 11.0. The molecule has 0 aliphatic carbocycles. The second kappa shape index (κ2) is 6.22. The van der Waals surface area contributed by atoms with Gasteiger partial charge in [0.2, 0.25) is 0 Å². The van der Waals surface area contributed by atoms with Gasteiger partial charge in [-0.15, -0.1) is 0 Å². The Balaban J connectivity index is 2.14. The Bertz CT molecular complexity index is 392. The molecule has 0 aromatic carbocycles. The van der Waals surface area contributed by atoms with Gasteiger partial charge >= 0.3 is 0 Å². The highest BCUT2D eigenvalue weighted by molar-refractivity contribution is 5.12.